The van der Waals surface area contributed by atoms with Crippen LogP contribution in [0.2, 0.25) is 0 Å². The molecule has 4 bridgehead atoms. The number of ether oxygens (including phenoxy) is 2. The minimum absolute atomic E-state index is 0.0128. The molecule has 3 aliphatic heterocycles. The van der Waals surface area contributed by atoms with E-state index in [2.05, 4.69) is 82.7 Å². The van der Waals surface area contributed by atoms with Crippen molar-refractivity contribution < 1.29 is 19.1 Å². The summed E-state index contributed by atoms with van der Waals surface area (Å²) in [7, 11) is 0. The first-order valence-corrected chi connectivity index (χ1v) is 25.2. The number of nitrogens with zero attached hydrogens (tertiary/aromatic N) is 4. The highest BCUT2D eigenvalue weighted by atomic mass is 16.6. The number of H-pyrrole nitrogens is 1. The molecule has 6 aliphatic carbocycles. The first kappa shape index (κ1) is 43.1. The van der Waals surface area contributed by atoms with E-state index in [0.717, 1.165) is 98.9 Å². The summed E-state index contributed by atoms with van der Waals surface area (Å²) in [5.41, 5.74) is 14.6. The van der Waals surface area contributed by atoms with Gasteiger partial charge in [-0.15, -0.1) is 0 Å². The zero-order chi connectivity index (χ0) is 45.5. The van der Waals surface area contributed by atoms with Crippen LogP contribution in [0.4, 0.5) is 15.3 Å². The van der Waals surface area contributed by atoms with Crippen molar-refractivity contribution in [2.45, 2.75) is 173 Å². The fourth-order valence-electron chi connectivity index (χ4n) is 12.6. The smallest absolute Gasteiger partial charge is 0.411 e. The molecule has 0 unspecified atom stereocenters. The van der Waals surface area contributed by atoms with Gasteiger partial charge in [0.2, 0.25) is 0 Å². The third-order valence-corrected chi connectivity index (χ3v) is 15.6. The van der Waals surface area contributed by atoms with E-state index in [0.29, 0.717) is 11.8 Å². The molecule has 9 nitrogen and oxygen atoms in total. The number of fused-ring (bicyclic) bond motifs is 4. The van der Waals surface area contributed by atoms with Crippen LogP contribution in [-0.2, 0) is 41.6 Å². The highest BCUT2D eigenvalue weighted by molar-refractivity contribution is 6.00. The molecule has 5 aromatic rings. The monoisotopic (exact) mass is 886 g/mol. The molecule has 4 heterocycles. The summed E-state index contributed by atoms with van der Waals surface area (Å²) in [6, 6.07) is 28.0. The van der Waals surface area contributed by atoms with E-state index < -0.39 is 11.2 Å². The quantitative estimate of drug-likeness (QED) is 0.194. The number of aliphatic imine (C=N–C) groups is 1. The van der Waals surface area contributed by atoms with E-state index in [1.54, 1.807) is 0 Å². The van der Waals surface area contributed by atoms with Gasteiger partial charge in [0.25, 0.3) is 0 Å². The number of carbonyl (C=O) groups is 2. The lowest BCUT2D eigenvalue weighted by atomic mass is 9.84. The van der Waals surface area contributed by atoms with Gasteiger partial charge in [-0.05, 0) is 192 Å². The van der Waals surface area contributed by atoms with Gasteiger partial charge in [0.15, 0.2) is 0 Å². The van der Waals surface area contributed by atoms with Crippen molar-refractivity contribution in [3.05, 3.63) is 106 Å². The largest absolute Gasteiger partial charge is 0.444 e. The highest BCUT2D eigenvalue weighted by Crippen LogP contribution is 2.47. The number of aryl methyl sites for hydroxylation is 4. The molecule has 0 radical (unpaired) electrons. The van der Waals surface area contributed by atoms with Gasteiger partial charge in [0.1, 0.15) is 17.0 Å². The zero-order valence-corrected chi connectivity index (χ0v) is 39.9. The third kappa shape index (κ3) is 8.34. The molecule has 2 saturated heterocycles. The Kier molecular flexibility index (Phi) is 10.9. The molecule has 1 N–H and O–H groups in total. The lowest BCUT2D eigenvalue weighted by Gasteiger charge is -2.35. The van der Waals surface area contributed by atoms with E-state index in [1.807, 2.05) is 46.4 Å². The first-order chi connectivity index (χ1) is 31.7. The molecule has 2 saturated carbocycles. The van der Waals surface area contributed by atoms with Crippen LogP contribution in [-0.4, -0.2) is 67.0 Å². The van der Waals surface area contributed by atoms with Gasteiger partial charge in [-0.25, -0.2) is 14.6 Å². The topological polar surface area (TPSA) is 100 Å². The predicted molar refractivity (Wildman–Crippen MR) is 262 cm³/mol. The Balaban J connectivity index is 0.831. The average molecular weight is 886 g/mol. The molecule has 6 atom stereocenters. The van der Waals surface area contributed by atoms with Crippen LogP contribution in [0.15, 0.2) is 77.8 Å². The summed E-state index contributed by atoms with van der Waals surface area (Å²) in [6.45, 7) is 11.7. The molecule has 14 rings (SSSR count). The van der Waals surface area contributed by atoms with Gasteiger partial charge in [0.05, 0.1) is 28.8 Å². The Morgan fingerprint density at radius 2 is 1.15 bits per heavy atom. The normalized spacial score (nSPS) is 25.0. The molecule has 2 amide bonds. The van der Waals surface area contributed by atoms with E-state index in [-0.39, 0.29) is 36.4 Å². The third-order valence-electron chi connectivity index (χ3n) is 15.6. The summed E-state index contributed by atoms with van der Waals surface area (Å²) in [4.78, 5) is 45.7. The van der Waals surface area contributed by atoms with Gasteiger partial charge in [0, 0.05) is 24.2 Å². The van der Waals surface area contributed by atoms with E-state index >= 15 is 0 Å². The highest BCUT2D eigenvalue weighted by Gasteiger charge is 2.49. The molecule has 9 aliphatic rings. The van der Waals surface area contributed by atoms with Crippen LogP contribution >= 0.6 is 0 Å². The molecule has 9 heteroatoms. The number of likely N-dealkylation sites (tertiary alicyclic amines) is 2. The van der Waals surface area contributed by atoms with E-state index in [1.165, 1.54) is 75.8 Å². The molecule has 4 aromatic carbocycles. The van der Waals surface area contributed by atoms with Crippen molar-refractivity contribution in [3.63, 3.8) is 0 Å². The van der Waals surface area contributed by atoms with Gasteiger partial charge in [-0.2, -0.15) is 0 Å². The number of nitrogens with one attached hydrogen (secondary N) is 1. The maximum Gasteiger partial charge on any atom is 0.411 e. The molecular weight excluding hydrogens is 819 g/mol. The number of aromatic amines is 1. The van der Waals surface area contributed by atoms with Crippen LogP contribution in [0.5, 0.6) is 0 Å². The van der Waals surface area contributed by atoms with Crippen LogP contribution in [0.3, 0.4) is 0 Å². The Labute approximate surface area is 390 Å². The zero-order valence-electron chi connectivity index (χ0n) is 39.9. The van der Waals surface area contributed by atoms with E-state index in [9.17, 15) is 9.59 Å². The van der Waals surface area contributed by atoms with Gasteiger partial charge >= 0.3 is 12.2 Å². The number of benzene rings is 4. The summed E-state index contributed by atoms with van der Waals surface area (Å²) in [5.74, 6) is 1.86. The number of hydrogen-bond acceptors (Lipinski definition) is 6. The standard InChI is InChI=1S/C57H67N5O4/c1-56(2,3)65-54(63)61-49-13-9-7-11-40(49)32-51(61)48-31-42-29-38(23-25-45(42)58-48)43-27-34-15-19-36(43)20-16-35-18-22-37(21-17-34)44(28-35)39-24-26-46-47(30-39)60-53(59-46)52-33-41-12-8-10-14-50(41)62(52)55(64)66-57(4,5)6/h15,18-19,22-30,40-41,49-52H,7-14,16-17,20-21,31-33H2,1-6H3,(H,59,60)/t40-,41-,49-,50-,51-,52-/m0/s1. The lowest BCUT2D eigenvalue weighted by molar-refractivity contribution is 0.00934. The summed E-state index contributed by atoms with van der Waals surface area (Å²) < 4.78 is 12.0. The number of hydrogen-bond donors (Lipinski definition) is 1. The molecular formula is C57H67N5O4. The molecule has 4 fully saturated rings. The number of rotatable bonds is 4. The van der Waals surface area contributed by atoms with Crippen molar-refractivity contribution in [2.75, 3.05) is 0 Å². The Hall–Kier alpha value is -5.44. The molecule has 344 valence electrons. The summed E-state index contributed by atoms with van der Waals surface area (Å²) in [5, 5.41) is 0. The SMILES string of the molecule is CC(C)(C)OC(=O)N1[C@H](C2=Nc3ccc(-c4cc5ccc4CCc4ccc(c(-c6ccc7nc([C@@H]8C[C@@H]9CCCC[C@@H]9N8C(=O)OC(C)(C)C)[nH]c7c6)c4)CC5)cc3C2)C[C@@H]2CCCC[C@@H]21. The number of carbonyl (C=O) groups excluding carboxylic acids is 2. The Morgan fingerprint density at radius 1 is 0.606 bits per heavy atom. The number of amides is 2. The molecule has 66 heavy (non-hydrogen) atoms. The van der Waals surface area contributed by atoms with Crippen LogP contribution in [0, 0.1) is 11.8 Å². The number of aromatic nitrogens is 2. The van der Waals surface area contributed by atoms with Gasteiger partial charge in [-0.1, -0.05) is 74.2 Å². The van der Waals surface area contributed by atoms with Crippen molar-refractivity contribution in [1.82, 2.24) is 19.8 Å². The van der Waals surface area contributed by atoms with Gasteiger partial charge in [-0.3, -0.25) is 14.8 Å². The van der Waals surface area contributed by atoms with Crippen LogP contribution in [0.1, 0.15) is 145 Å². The van der Waals surface area contributed by atoms with E-state index in [4.69, 9.17) is 19.5 Å². The second-order valence-corrected chi connectivity index (χ2v) is 22.5. The summed E-state index contributed by atoms with van der Waals surface area (Å²) >= 11 is 0. The predicted octanol–water partition coefficient (Wildman–Crippen LogP) is 13.2. The first-order valence-electron chi connectivity index (χ1n) is 25.2. The van der Waals surface area contributed by atoms with Crippen LogP contribution in [0.25, 0.3) is 33.3 Å². The maximum atomic E-state index is 13.8. The second-order valence-electron chi connectivity index (χ2n) is 22.5. The Morgan fingerprint density at radius 3 is 1.76 bits per heavy atom. The fraction of sp³-hybridized carbons (Fsp3) is 0.509. The molecule has 1 aromatic heterocycles. The summed E-state index contributed by atoms with van der Waals surface area (Å²) in [6.07, 6.45) is 15.2. The minimum atomic E-state index is -0.555. The fourth-order valence-corrected chi connectivity index (χ4v) is 12.6. The average Bonchev–Trinajstić information content (AvgIpc) is 4.07. The van der Waals surface area contributed by atoms with Crippen LogP contribution < -0.4 is 0 Å². The van der Waals surface area contributed by atoms with Crippen molar-refractivity contribution in [1.29, 1.82) is 0 Å². The Bertz CT molecular complexity index is 2740. The molecule has 0 spiro atoms. The van der Waals surface area contributed by atoms with Crippen molar-refractivity contribution in [3.8, 4) is 22.3 Å². The van der Waals surface area contributed by atoms with Crippen molar-refractivity contribution in [2.24, 2.45) is 16.8 Å². The second kappa shape index (κ2) is 16.7. The lowest BCUT2D eigenvalue weighted by Crippen LogP contribution is -2.48. The minimum Gasteiger partial charge on any atom is -0.444 e. The van der Waals surface area contributed by atoms with Crippen molar-refractivity contribution >= 4 is 34.6 Å². The maximum absolute atomic E-state index is 13.8. The number of imidazole rings is 1. The van der Waals surface area contributed by atoms with Gasteiger partial charge < -0.3 is 14.5 Å².